The van der Waals surface area contributed by atoms with Crippen molar-refractivity contribution in [3.8, 4) is 11.3 Å². The van der Waals surface area contributed by atoms with Crippen LogP contribution >= 0.6 is 0 Å². The quantitative estimate of drug-likeness (QED) is 0.742. The number of aromatic nitrogens is 4. The number of hydrogen-bond donors (Lipinski definition) is 1. The summed E-state index contributed by atoms with van der Waals surface area (Å²) in [6.45, 7) is 4.82. The van der Waals surface area contributed by atoms with Crippen LogP contribution in [0.3, 0.4) is 0 Å². The molecule has 2 fully saturated rings. The minimum absolute atomic E-state index is 0.0411. The number of piperidine rings is 2. The fourth-order valence-corrected chi connectivity index (χ4v) is 5.17. The number of hydrogen-bond acceptors (Lipinski definition) is 7. The van der Waals surface area contributed by atoms with Gasteiger partial charge in [0.2, 0.25) is 16.0 Å². The van der Waals surface area contributed by atoms with E-state index in [1.807, 2.05) is 17.8 Å². The third-order valence-corrected chi connectivity index (χ3v) is 7.54. The van der Waals surface area contributed by atoms with Crippen LogP contribution in [0, 0.1) is 12.7 Å². The van der Waals surface area contributed by atoms with Gasteiger partial charge >= 0.3 is 0 Å². The van der Waals surface area contributed by atoms with Gasteiger partial charge in [-0.1, -0.05) is 0 Å². The van der Waals surface area contributed by atoms with Crippen LogP contribution in [-0.4, -0.2) is 82.9 Å². The first-order valence-corrected chi connectivity index (χ1v) is 12.5. The highest BCUT2D eigenvalue weighted by atomic mass is 32.2. The highest BCUT2D eigenvalue weighted by molar-refractivity contribution is 7.88. The number of sulfonamides is 1. The van der Waals surface area contributed by atoms with Gasteiger partial charge in [-0.2, -0.15) is 5.10 Å². The van der Waals surface area contributed by atoms with Crippen molar-refractivity contribution in [2.45, 2.75) is 44.7 Å². The minimum atomic E-state index is -3.17. The monoisotopic (exact) mass is 451 g/mol. The van der Waals surface area contributed by atoms with Gasteiger partial charge in [0.15, 0.2) is 5.82 Å². The normalized spacial score (nSPS) is 20.3. The smallest absolute Gasteiger partial charge is 0.223 e. The van der Waals surface area contributed by atoms with Crippen LogP contribution in [0.1, 0.15) is 37.4 Å². The molecular weight excluding hydrogens is 421 g/mol. The van der Waals surface area contributed by atoms with Gasteiger partial charge in [0.1, 0.15) is 5.69 Å². The summed E-state index contributed by atoms with van der Waals surface area (Å²) in [5, 5.41) is 7.88. The summed E-state index contributed by atoms with van der Waals surface area (Å²) in [5.74, 6) is -0.135. The summed E-state index contributed by atoms with van der Waals surface area (Å²) >= 11 is 0. The van der Waals surface area contributed by atoms with Crippen molar-refractivity contribution in [3.05, 3.63) is 23.9 Å². The van der Waals surface area contributed by atoms with E-state index in [1.165, 1.54) is 16.8 Å². The predicted octanol–water partition coefficient (Wildman–Crippen LogP) is 1.89. The van der Waals surface area contributed by atoms with Crippen molar-refractivity contribution >= 4 is 16.0 Å². The van der Waals surface area contributed by atoms with Gasteiger partial charge in [-0.15, -0.1) is 0 Å². The standard InChI is InChI=1S/C20H30FN7O2S/c1-14-17(13-28(25-14)16-6-8-26(2)9-7-16)19-18(21)12-22-20(24-19)23-15-4-10-27(11-5-15)31(3,29)30/h12-13,15-16H,4-11H2,1-3H3,(H,22,23,24). The zero-order chi connectivity index (χ0) is 22.2. The van der Waals surface area contributed by atoms with E-state index in [9.17, 15) is 12.8 Å². The average molecular weight is 452 g/mol. The van der Waals surface area contributed by atoms with Crippen molar-refractivity contribution in [1.29, 1.82) is 0 Å². The molecule has 2 aliphatic heterocycles. The summed E-state index contributed by atoms with van der Waals surface area (Å²) in [4.78, 5) is 10.8. The summed E-state index contributed by atoms with van der Waals surface area (Å²) in [6.07, 6.45) is 7.63. The largest absolute Gasteiger partial charge is 0.351 e. The molecule has 170 valence electrons. The fourth-order valence-electron chi connectivity index (χ4n) is 4.30. The molecule has 0 saturated carbocycles. The summed E-state index contributed by atoms with van der Waals surface area (Å²) in [7, 11) is -1.06. The third kappa shape index (κ3) is 5.04. The SMILES string of the molecule is Cc1nn(C2CCN(C)CC2)cc1-c1nc(NC2CCN(S(C)(=O)=O)CC2)ncc1F. The molecule has 9 nitrogen and oxygen atoms in total. The number of nitrogens with zero attached hydrogens (tertiary/aromatic N) is 6. The lowest BCUT2D eigenvalue weighted by atomic mass is 10.1. The Bertz CT molecular complexity index is 1030. The molecule has 11 heteroatoms. The van der Waals surface area contributed by atoms with Crippen molar-refractivity contribution < 1.29 is 12.8 Å². The molecule has 0 bridgehead atoms. The molecule has 0 aliphatic carbocycles. The Morgan fingerprint density at radius 1 is 1.13 bits per heavy atom. The molecule has 31 heavy (non-hydrogen) atoms. The Hall–Kier alpha value is -2.11. The highest BCUT2D eigenvalue weighted by Crippen LogP contribution is 2.29. The number of anilines is 1. The molecule has 0 aromatic carbocycles. The second kappa shape index (κ2) is 8.79. The van der Waals surface area contributed by atoms with Crippen molar-refractivity contribution in [2.75, 3.05) is 44.8 Å². The minimum Gasteiger partial charge on any atom is -0.351 e. The lowest BCUT2D eigenvalue weighted by molar-refractivity contribution is 0.212. The van der Waals surface area contributed by atoms with Crippen molar-refractivity contribution in [1.82, 2.24) is 29.0 Å². The first-order chi connectivity index (χ1) is 14.7. The second-order valence-corrected chi connectivity index (χ2v) is 10.6. The van der Waals surface area contributed by atoms with E-state index >= 15 is 0 Å². The van der Waals surface area contributed by atoms with Gasteiger partial charge in [-0.3, -0.25) is 4.68 Å². The fraction of sp³-hybridized carbons (Fsp3) is 0.650. The first-order valence-electron chi connectivity index (χ1n) is 10.7. The molecule has 2 saturated heterocycles. The van der Waals surface area contributed by atoms with Crippen molar-refractivity contribution in [2.24, 2.45) is 0 Å². The average Bonchev–Trinajstić information content (AvgIpc) is 3.11. The highest BCUT2D eigenvalue weighted by Gasteiger charge is 2.26. The summed E-state index contributed by atoms with van der Waals surface area (Å²) in [5.41, 5.74) is 1.65. The molecule has 2 aliphatic rings. The van der Waals surface area contributed by atoms with E-state index < -0.39 is 15.8 Å². The van der Waals surface area contributed by atoms with Gasteiger partial charge in [0, 0.05) is 30.9 Å². The zero-order valence-electron chi connectivity index (χ0n) is 18.3. The molecule has 0 spiro atoms. The van der Waals surface area contributed by atoms with Crippen LogP contribution in [0.2, 0.25) is 0 Å². The molecule has 0 radical (unpaired) electrons. The van der Waals surface area contributed by atoms with Crippen LogP contribution in [0.15, 0.2) is 12.4 Å². The number of aryl methyl sites for hydroxylation is 1. The topological polar surface area (TPSA) is 96.3 Å². The predicted molar refractivity (Wildman–Crippen MR) is 117 cm³/mol. The van der Waals surface area contributed by atoms with E-state index in [0.29, 0.717) is 43.5 Å². The van der Waals surface area contributed by atoms with Gasteiger partial charge in [0.25, 0.3) is 0 Å². The number of rotatable bonds is 5. The Balaban J connectivity index is 1.49. The molecule has 0 amide bonds. The Kier molecular flexibility index (Phi) is 6.27. The summed E-state index contributed by atoms with van der Waals surface area (Å²) < 4.78 is 41.4. The summed E-state index contributed by atoms with van der Waals surface area (Å²) in [6, 6.07) is 0.352. The maximum atomic E-state index is 14.6. The van der Waals surface area contributed by atoms with Crippen LogP contribution < -0.4 is 5.32 Å². The first kappa shape index (κ1) is 22.1. The maximum absolute atomic E-state index is 14.6. The van der Waals surface area contributed by atoms with Gasteiger partial charge in [-0.05, 0) is 52.7 Å². The number of nitrogens with one attached hydrogen (secondary N) is 1. The van der Waals surface area contributed by atoms with Crippen LogP contribution in [0.25, 0.3) is 11.3 Å². The number of halogens is 1. The van der Waals surface area contributed by atoms with Gasteiger partial charge < -0.3 is 10.2 Å². The van der Waals surface area contributed by atoms with E-state index in [0.717, 1.165) is 31.6 Å². The lowest BCUT2D eigenvalue weighted by Crippen LogP contribution is -2.42. The lowest BCUT2D eigenvalue weighted by Gasteiger charge is -2.30. The van der Waals surface area contributed by atoms with Crippen molar-refractivity contribution in [3.63, 3.8) is 0 Å². The Morgan fingerprint density at radius 3 is 2.45 bits per heavy atom. The van der Waals surface area contributed by atoms with Crippen LogP contribution in [0.4, 0.5) is 10.3 Å². The molecule has 1 N–H and O–H groups in total. The van der Waals surface area contributed by atoms with Crippen LogP contribution in [0.5, 0.6) is 0 Å². The Labute approximate surface area is 182 Å². The van der Waals surface area contributed by atoms with E-state index in [1.54, 1.807) is 0 Å². The molecule has 2 aromatic heterocycles. The maximum Gasteiger partial charge on any atom is 0.223 e. The molecule has 0 atom stereocenters. The molecular formula is C20H30FN7O2S. The molecule has 2 aromatic rings. The molecule has 4 heterocycles. The van der Waals surface area contributed by atoms with E-state index in [4.69, 9.17) is 0 Å². The third-order valence-electron chi connectivity index (χ3n) is 6.23. The van der Waals surface area contributed by atoms with Crippen LogP contribution in [-0.2, 0) is 10.0 Å². The van der Waals surface area contributed by atoms with E-state index in [2.05, 4.69) is 32.3 Å². The number of likely N-dealkylation sites (tertiary alicyclic amines) is 1. The van der Waals surface area contributed by atoms with Gasteiger partial charge in [0.05, 0.1) is 24.2 Å². The Morgan fingerprint density at radius 2 is 1.81 bits per heavy atom. The molecule has 0 unspecified atom stereocenters. The van der Waals surface area contributed by atoms with E-state index in [-0.39, 0.29) is 11.7 Å². The second-order valence-electron chi connectivity index (χ2n) is 8.61. The zero-order valence-corrected chi connectivity index (χ0v) is 19.1. The molecule has 4 rings (SSSR count). The van der Waals surface area contributed by atoms with Gasteiger partial charge in [-0.25, -0.2) is 27.1 Å².